The van der Waals surface area contributed by atoms with Gasteiger partial charge in [0.25, 0.3) is 5.01 Å². The first-order valence-corrected chi connectivity index (χ1v) is 9.17. The molecule has 2 heterocycles. The van der Waals surface area contributed by atoms with E-state index >= 15 is 0 Å². The number of nitrogens with zero attached hydrogens (tertiary/aromatic N) is 1. The number of H-pyrrole nitrogens is 1. The summed E-state index contributed by atoms with van der Waals surface area (Å²) < 4.78 is 3.57. The van der Waals surface area contributed by atoms with Crippen molar-refractivity contribution >= 4 is 55.4 Å². The van der Waals surface area contributed by atoms with Crippen LogP contribution in [0.2, 0.25) is 0 Å². The normalized spacial score (nSPS) is 12.0. The number of aromatic amines is 1. The number of para-hydroxylation sites is 1. The number of aromatic nitrogens is 2. The molecule has 0 aliphatic heterocycles. The van der Waals surface area contributed by atoms with Crippen LogP contribution in [0, 0.1) is 0 Å². The SMILES string of the molecule is C[n+]1c(C=Cc2c[nH]c3c2ccc2ccccc23)sc2ccccc21. The van der Waals surface area contributed by atoms with Crippen LogP contribution in [0.25, 0.3) is 44.0 Å². The molecule has 3 heteroatoms. The number of hydrogen-bond donors (Lipinski definition) is 1. The van der Waals surface area contributed by atoms with E-state index in [1.807, 2.05) is 11.3 Å². The third-order valence-corrected chi connectivity index (χ3v) is 5.97. The van der Waals surface area contributed by atoms with Crippen LogP contribution < -0.4 is 4.57 Å². The molecular formula is C22H17N2S+. The largest absolute Gasteiger partial charge is 0.360 e. The minimum atomic E-state index is 1.21. The molecule has 0 saturated heterocycles. The van der Waals surface area contributed by atoms with Crippen LogP contribution in [-0.2, 0) is 7.05 Å². The average molecular weight is 341 g/mol. The number of nitrogens with one attached hydrogen (secondary N) is 1. The monoisotopic (exact) mass is 341 g/mol. The van der Waals surface area contributed by atoms with Gasteiger partial charge in [-0.05, 0) is 17.5 Å². The Morgan fingerprint density at radius 2 is 1.72 bits per heavy atom. The van der Waals surface area contributed by atoms with Gasteiger partial charge in [0, 0.05) is 34.7 Å². The van der Waals surface area contributed by atoms with Gasteiger partial charge in [0.1, 0.15) is 11.7 Å². The molecule has 3 aromatic carbocycles. The predicted molar refractivity (Wildman–Crippen MR) is 108 cm³/mol. The van der Waals surface area contributed by atoms with Crippen molar-refractivity contribution in [2.45, 2.75) is 0 Å². The number of benzene rings is 3. The van der Waals surface area contributed by atoms with Crippen LogP contribution in [0.15, 0.2) is 66.9 Å². The fourth-order valence-electron chi connectivity index (χ4n) is 3.46. The summed E-state index contributed by atoms with van der Waals surface area (Å²) in [7, 11) is 2.13. The van der Waals surface area contributed by atoms with Crippen LogP contribution in [0.1, 0.15) is 10.6 Å². The van der Waals surface area contributed by atoms with Crippen LogP contribution >= 0.6 is 11.3 Å². The summed E-state index contributed by atoms with van der Waals surface area (Å²) in [6.07, 6.45) is 6.52. The van der Waals surface area contributed by atoms with Crippen molar-refractivity contribution in [3.05, 3.63) is 77.4 Å². The van der Waals surface area contributed by atoms with Crippen molar-refractivity contribution in [1.29, 1.82) is 0 Å². The lowest BCUT2D eigenvalue weighted by molar-refractivity contribution is -0.642. The maximum atomic E-state index is 3.45. The molecule has 0 radical (unpaired) electrons. The quantitative estimate of drug-likeness (QED) is 0.407. The number of aryl methyl sites for hydroxylation is 1. The van der Waals surface area contributed by atoms with E-state index in [-0.39, 0.29) is 0 Å². The Hall–Kier alpha value is -2.91. The van der Waals surface area contributed by atoms with E-state index in [2.05, 4.69) is 95.6 Å². The minimum Gasteiger partial charge on any atom is -0.360 e. The Morgan fingerprint density at radius 3 is 2.64 bits per heavy atom. The molecule has 0 spiro atoms. The van der Waals surface area contributed by atoms with Crippen LogP contribution in [0.3, 0.4) is 0 Å². The predicted octanol–water partition coefficient (Wildman–Crippen LogP) is 5.53. The fourth-order valence-corrected chi connectivity index (χ4v) is 4.51. The minimum absolute atomic E-state index is 1.21. The first-order chi connectivity index (χ1) is 12.3. The molecule has 0 aliphatic carbocycles. The van der Waals surface area contributed by atoms with Gasteiger partial charge in [0.15, 0.2) is 0 Å². The molecule has 2 nitrogen and oxygen atoms in total. The first kappa shape index (κ1) is 14.4. The molecule has 0 fully saturated rings. The Morgan fingerprint density at radius 1 is 0.880 bits per heavy atom. The second kappa shape index (κ2) is 5.57. The standard InChI is InChI=1S/C22H16N2S/c1-24-19-8-4-5-9-20(19)25-21(24)13-11-16-14-23-22-17-7-3-2-6-15(17)10-12-18(16)22/h2-14H,1H3/p+1. The van der Waals surface area contributed by atoms with E-state index in [0.29, 0.717) is 0 Å². The zero-order valence-electron chi connectivity index (χ0n) is 13.9. The Labute approximate surface area is 149 Å². The topological polar surface area (TPSA) is 19.7 Å². The summed E-state index contributed by atoms with van der Waals surface area (Å²) in [6, 6.07) is 21.4. The zero-order chi connectivity index (χ0) is 16.8. The highest BCUT2D eigenvalue weighted by Crippen LogP contribution is 2.28. The number of thiazole rings is 1. The molecule has 0 bridgehead atoms. The number of hydrogen-bond acceptors (Lipinski definition) is 1. The summed E-state index contributed by atoms with van der Waals surface area (Å²) in [5, 5.41) is 5.05. The highest BCUT2D eigenvalue weighted by molar-refractivity contribution is 7.18. The van der Waals surface area contributed by atoms with E-state index in [4.69, 9.17) is 0 Å². The lowest BCUT2D eigenvalue weighted by atomic mass is 10.1. The Bertz CT molecular complexity index is 1260. The fraction of sp³-hybridized carbons (Fsp3) is 0.0455. The van der Waals surface area contributed by atoms with Crippen molar-refractivity contribution in [1.82, 2.24) is 4.98 Å². The van der Waals surface area contributed by atoms with Gasteiger partial charge in [0.2, 0.25) is 5.52 Å². The maximum Gasteiger partial charge on any atom is 0.262 e. The first-order valence-electron chi connectivity index (χ1n) is 8.36. The summed E-state index contributed by atoms with van der Waals surface area (Å²) in [6.45, 7) is 0. The number of fused-ring (bicyclic) bond motifs is 4. The van der Waals surface area contributed by atoms with Crippen molar-refractivity contribution in [2.24, 2.45) is 7.05 Å². The van der Waals surface area contributed by atoms with Crippen molar-refractivity contribution in [3.63, 3.8) is 0 Å². The van der Waals surface area contributed by atoms with E-state index < -0.39 is 0 Å². The molecule has 0 amide bonds. The van der Waals surface area contributed by atoms with Crippen molar-refractivity contribution in [3.8, 4) is 0 Å². The summed E-state index contributed by atoms with van der Waals surface area (Å²) in [5.74, 6) is 0. The second-order valence-corrected chi connectivity index (χ2v) is 7.32. The molecule has 5 rings (SSSR count). The summed E-state index contributed by atoms with van der Waals surface area (Å²) in [5.41, 5.74) is 3.70. The molecule has 0 unspecified atom stereocenters. The van der Waals surface area contributed by atoms with Gasteiger partial charge in [-0.2, -0.15) is 4.57 Å². The Kier molecular flexibility index (Phi) is 3.22. The lowest BCUT2D eigenvalue weighted by Crippen LogP contribution is -2.28. The number of rotatable bonds is 2. The second-order valence-electron chi connectivity index (χ2n) is 6.25. The van der Waals surface area contributed by atoms with Crippen molar-refractivity contribution < 1.29 is 4.57 Å². The van der Waals surface area contributed by atoms with Crippen LogP contribution in [-0.4, -0.2) is 4.98 Å². The molecule has 0 saturated carbocycles. The van der Waals surface area contributed by atoms with Gasteiger partial charge in [-0.1, -0.05) is 59.9 Å². The molecular weight excluding hydrogens is 324 g/mol. The summed E-state index contributed by atoms with van der Waals surface area (Å²) >= 11 is 1.82. The van der Waals surface area contributed by atoms with Gasteiger partial charge < -0.3 is 4.98 Å². The highest BCUT2D eigenvalue weighted by atomic mass is 32.1. The van der Waals surface area contributed by atoms with Crippen LogP contribution in [0.5, 0.6) is 0 Å². The van der Waals surface area contributed by atoms with E-state index in [0.717, 1.165) is 0 Å². The molecule has 25 heavy (non-hydrogen) atoms. The van der Waals surface area contributed by atoms with Gasteiger partial charge in [-0.15, -0.1) is 0 Å². The van der Waals surface area contributed by atoms with E-state index in [1.165, 1.54) is 42.5 Å². The lowest BCUT2D eigenvalue weighted by Gasteiger charge is -1.99. The third-order valence-electron chi connectivity index (χ3n) is 4.79. The van der Waals surface area contributed by atoms with Crippen LogP contribution in [0.4, 0.5) is 0 Å². The molecule has 0 aliphatic rings. The smallest absolute Gasteiger partial charge is 0.262 e. The molecule has 1 N–H and O–H groups in total. The molecule has 120 valence electrons. The van der Waals surface area contributed by atoms with E-state index in [9.17, 15) is 0 Å². The van der Waals surface area contributed by atoms with Gasteiger partial charge in [-0.25, -0.2) is 0 Å². The highest BCUT2D eigenvalue weighted by Gasteiger charge is 2.13. The molecule has 0 atom stereocenters. The molecule has 2 aromatic heterocycles. The van der Waals surface area contributed by atoms with Gasteiger partial charge >= 0.3 is 0 Å². The average Bonchev–Trinajstić information content (AvgIpc) is 3.21. The zero-order valence-corrected chi connectivity index (χ0v) is 14.7. The Balaban J connectivity index is 1.62. The van der Waals surface area contributed by atoms with Gasteiger partial charge in [-0.3, -0.25) is 0 Å². The molecule has 5 aromatic rings. The van der Waals surface area contributed by atoms with E-state index in [1.54, 1.807) is 0 Å². The third kappa shape index (κ3) is 2.28. The van der Waals surface area contributed by atoms with Crippen molar-refractivity contribution in [2.75, 3.05) is 0 Å². The maximum absolute atomic E-state index is 3.45. The van der Waals surface area contributed by atoms with Gasteiger partial charge in [0.05, 0.1) is 5.52 Å². The summed E-state index contributed by atoms with van der Waals surface area (Å²) in [4.78, 5) is 3.45.